The quantitative estimate of drug-likeness (QED) is 0.543. The smallest absolute Gasteiger partial charge is 0.266 e. The van der Waals surface area contributed by atoms with E-state index in [4.69, 9.17) is 0 Å². The normalized spacial score (nSPS) is 11.7. The summed E-state index contributed by atoms with van der Waals surface area (Å²) < 4.78 is 0.720. The van der Waals surface area contributed by atoms with Crippen molar-refractivity contribution >= 4 is 21.8 Å². The highest BCUT2D eigenvalue weighted by Crippen LogP contribution is 2.25. The average Bonchev–Trinajstić information content (AvgIpc) is 2.52. The molecule has 0 bridgehead atoms. The van der Waals surface area contributed by atoms with E-state index in [1.54, 1.807) is 42.5 Å². The molecule has 1 atom stereocenters. The first-order valence-electron chi connectivity index (χ1n) is 6.82. The molecule has 2 aromatic rings. The number of rotatable bonds is 6. The van der Waals surface area contributed by atoms with E-state index in [9.17, 15) is 9.90 Å². The van der Waals surface area contributed by atoms with E-state index < -0.39 is 0 Å². The standard InChI is InChI=1S/C17H17BrN2O2/c1-2-7-15(13-9-4-6-11-16(13)21)19-20-17(22)12-8-3-5-10-14(12)18/h2-6,8-11,15,19,21H,1,7H2,(H,20,22). The van der Waals surface area contributed by atoms with Crippen LogP contribution in [0.4, 0.5) is 0 Å². The Morgan fingerprint density at radius 3 is 2.59 bits per heavy atom. The molecular formula is C17H17BrN2O2. The minimum absolute atomic E-state index is 0.178. The van der Waals surface area contributed by atoms with Gasteiger partial charge in [-0.2, -0.15) is 0 Å². The van der Waals surface area contributed by atoms with Gasteiger partial charge < -0.3 is 5.11 Å². The zero-order valence-electron chi connectivity index (χ0n) is 11.9. The van der Waals surface area contributed by atoms with Gasteiger partial charge in [-0.15, -0.1) is 6.58 Å². The van der Waals surface area contributed by atoms with E-state index in [1.165, 1.54) is 0 Å². The van der Waals surface area contributed by atoms with E-state index in [1.807, 2.05) is 12.1 Å². The average molecular weight is 361 g/mol. The van der Waals surface area contributed by atoms with Crippen LogP contribution in [0.1, 0.15) is 28.4 Å². The summed E-state index contributed by atoms with van der Waals surface area (Å²) in [5.74, 6) is -0.0750. The molecule has 0 heterocycles. The van der Waals surface area contributed by atoms with Gasteiger partial charge in [0.1, 0.15) is 5.75 Å². The van der Waals surface area contributed by atoms with Crippen molar-refractivity contribution in [3.8, 4) is 5.75 Å². The maximum atomic E-state index is 12.2. The van der Waals surface area contributed by atoms with Gasteiger partial charge in [0.2, 0.25) is 0 Å². The summed E-state index contributed by atoms with van der Waals surface area (Å²) in [4.78, 5) is 12.2. The minimum Gasteiger partial charge on any atom is -0.508 e. The molecule has 0 fully saturated rings. The molecule has 0 saturated carbocycles. The monoisotopic (exact) mass is 360 g/mol. The maximum Gasteiger partial charge on any atom is 0.266 e. The lowest BCUT2D eigenvalue weighted by Gasteiger charge is -2.19. The van der Waals surface area contributed by atoms with Gasteiger partial charge in [-0.05, 0) is 40.5 Å². The molecule has 0 aliphatic carbocycles. The fraction of sp³-hybridized carbons (Fsp3) is 0.118. The Morgan fingerprint density at radius 1 is 1.23 bits per heavy atom. The van der Waals surface area contributed by atoms with Gasteiger partial charge in [-0.25, -0.2) is 5.43 Å². The zero-order valence-corrected chi connectivity index (χ0v) is 13.5. The van der Waals surface area contributed by atoms with Crippen LogP contribution in [0.25, 0.3) is 0 Å². The first-order chi connectivity index (χ1) is 10.6. The number of phenolic OH excluding ortho intramolecular Hbond substituents is 1. The van der Waals surface area contributed by atoms with Crippen LogP contribution in [0.5, 0.6) is 5.75 Å². The van der Waals surface area contributed by atoms with Gasteiger partial charge in [-0.1, -0.05) is 36.4 Å². The minimum atomic E-state index is -0.259. The lowest BCUT2D eigenvalue weighted by Crippen LogP contribution is -2.40. The van der Waals surface area contributed by atoms with Crippen LogP contribution in [0, 0.1) is 0 Å². The summed E-state index contributed by atoms with van der Waals surface area (Å²) in [6.45, 7) is 3.71. The first-order valence-corrected chi connectivity index (χ1v) is 7.62. The molecule has 2 rings (SSSR count). The second-order valence-electron chi connectivity index (χ2n) is 4.71. The van der Waals surface area contributed by atoms with Crippen molar-refractivity contribution in [3.63, 3.8) is 0 Å². The molecular weight excluding hydrogens is 344 g/mol. The number of carbonyl (C=O) groups is 1. The van der Waals surface area contributed by atoms with Crippen LogP contribution < -0.4 is 10.9 Å². The third kappa shape index (κ3) is 3.96. The second kappa shape index (κ2) is 7.77. The van der Waals surface area contributed by atoms with Crippen molar-refractivity contribution in [1.82, 2.24) is 10.9 Å². The first kappa shape index (κ1) is 16.3. The van der Waals surface area contributed by atoms with Crippen molar-refractivity contribution in [3.05, 3.63) is 76.8 Å². The number of para-hydroxylation sites is 1. The van der Waals surface area contributed by atoms with Crippen molar-refractivity contribution in [2.24, 2.45) is 0 Å². The molecule has 1 amide bonds. The van der Waals surface area contributed by atoms with Crippen LogP contribution in [0.3, 0.4) is 0 Å². The fourth-order valence-electron chi connectivity index (χ4n) is 2.08. The molecule has 114 valence electrons. The summed E-state index contributed by atoms with van der Waals surface area (Å²) >= 11 is 3.35. The molecule has 3 N–H and O–H groups in total. The Kier molecular flexibility index (Phi) is 5.75. The van der Waals surface area contributed by atoms with E-state index in [-0.39, 0.29) is 17.7 Å². The highest BCUT2D eigenvalue weighted by Gasteiger charge is 2.15. The van der Waals surface area contributed by atoms with Gasteiger partial charge in [0.15, 0.2) is 0 Å². The zero-order chi connectivity index (χ0) is 15.9. The number of nitrogens with one attached hydrogen (secondary N) is 2. The summed E-state index contributed by atoms with van der Waals surface area (Å²) in [5.41, 5.74) is 6.86. The number of hydrogen-bond donors (Lipinski definition) is 3. The second-order valence-corrected chi connectivity index (χ2v) is 5.57. The van der Waals surface area contributed by atoms with E-state index in [0.29, 0.717) is 17.5 Å². The Bertz CT molecular complexity index is 673. The maximum absolute atomic E-state index is 12.2. The number of hydrazine groups is 1. The highest BCUT2D eigenvalue weighted by atomic mass is 79.9. The SMILES string of the molecule is C=CCC(NNC(=O)c1ccccc1Br)c1ccccc1O. The fourth-order valence-corrected chi connectivity index (χ4v) is 2.54. The number of benzene rings is 2. The Morgan fingerprint density at radius 2 is 1.91 bits per heavy atom. The molecule has 2 aromatic carbocycles. The number of halogens is 1. The number of aromatic hydroxyl groups is 1. The topological polar surface area (TPSA) is 61.4 Å². The molecule has 22 heavy (non-hydrogen) atoms. The third-order valence-corrected chi connectivity index (χ3v) is 3.88. The molecule has 0 spiro atoms. The molecule has 1 unspecified atom stereocenters. The molecule has 0 aromatic heterocycles. The summed E-state index contributed by atoms with van der Waals surface area (Å²) in [6, 6.07) is 13.9. The van der Waals surface area contributed by atoms with Gasteiger partial charge in [0, 0.05) is 10.0 Å². The van der Waals surface area contributed by atoms with E-state index >= 15 is 0 Å². The lowest BCUT2D eigenvalue weighted by atomic mass is 10.0. The third-order valence-electron chi connectivity index (χ3n) is 3.19. The molecule has 5 heteroatoms. The molecule has 0 radical (unpaired) electrons. The van der Waals surface area contributed by atoms with Crippen LogP contribution in [0.15, 0.2) is 65.7 Å². The summed E-state index contributed by atoms with van der Waals surface area (Å²) in [5, 5.41) is 9.94. The summed E-state index contributed by atoms with van der Waals surface area (Å²) in [6.07, 6.45) is 2.29. The van der Waals surface area contributed by atoms with Crippen LogP contribution >= 0.6 is 15.9 Å². The van der Waals surface area contributed by atoms with E-state index in [2.05, 4.69) is 33.4 Å². The number of phenols is 1. The number of amides is 1. The van der Waals surface area contributed by atoms with Crippen LogP contribution in [-0.4, -0.2) is 11.0 Å². The predicted molar refractivity (Wildman–Crippen MR) is 90.4 cm³/mol. The molecule has 0 aliphatic heterocycles. The summed E-state index contributed by atoms with van der Waals surface area (Å²) in [7, 11) is 0. The van der Waals surface area contributed by atoms with Gasteiger partial charge in [-0.3, -0.25) is 10.2 Å². The van der Waals surface area contributed by atoms with Crippen molar-refractivity contribution < 1.29 is 9.90 Å². The lowest BCUT2D eigenvalue weighted by molar-refractivity contribution is 0.0924. The van der Waals surface area contributed by atoms with Crippen LogP contribution in [-0.2, 0) is 0 Å². The van der Waals surface area contributed by atoms with Gasteiger partial charge in [0.25, 0.3) is 5.91 Å². The molecule has 0 saturated heterocycles. The Hall–Kier alpha value is -2.11. The Balaban J connectivity index is 2.10. The van der Waals surface area contributed by atoms with Gasteiger partial charge >= 0.3 is 0 Å². The van der Waals surface area contributed by atoms with Crippen molar-refractivity contribution in [2.45, 2.75) is 12.5 Å². The van der Waals surface area contributed by atoms with Crippen LogP contribution in [0.2, 0.25) is 0 Å². The van der Waals surface area contributed by atoms with Crippen molar-refractivity contribution in [2.75, 3.05) is 0 Å². The Labute approximate surface area is 138 Å². The van der Waals surface area contributed by atoms with Gasteiger partial charge in [0.05, 0.1) is 11.6 Å². The number of carbonyl (C=O) groups excluding carboxylic acids is 1. The number of hydrogen-bond acceptors (Lipinski definition) is 3. The molecule has 0 aliphatic rings. The molecule has 4 nitrogen and oxygen atoms in total. The highest BCUT2D eigenvalue weighted by molar-refractivity contribution is 9.10. The largest absolute Gasteiger partial charge is 0.508 e. The van der Waals surface area contributed by atoms with Crippen molar-refractivity contribution in [1.29, 1.82) is 0 Å². The van der Waals surface area contributed by atoms with E-state index in [0.717, 1.165) is 4.47 Å². The predicted octanol–water partition coefficient (Wildman–Crippen LogP) is 3.71.